The minimum atomic E-state index is -0.592. The Morgan fingerprint density at radius 3 is 1.48 bits per heavy atom. The number of aryl methyl sites for hydroxylation is 3. The molecule has 1 aliphatic heterocycles. The van der Waals surface area contributed by atoms with Crippen LogP contribution in [0.1, 0.15) is 86.8 Å². The summed E-state index contributed by atoms with van der Waals surface area (Å²) in [5, 5.41) is 30.2. The lowest BCUT2D eigenvalue weighted by atomic mass is 9.88. The van der Waals surface area contributed by atoms with Crippen molar-refractivity contribution in [1.82, 2.24) is 44.9 Å². The second kappa shape index (κ2) is 40.4. The van der Waals surface area contributed by atoms with Gasteiger partial charge in [0.1, 0.15) is 5.69 Å². The molecule has 0 unspecified atom stereocenters. The normalized spacial score (nSPS) is 13.3. The molecule has 0 bridgehead atoms. The number of benzene rings is 3. The molecule has 1 aliphatic rings. The first-order valence-electron chi connectivity index (χ1n) is 32.1. The van der Waals surface area contributed by atoms with Gasteiger partial charge in [-0.25, -0.2) is 9.97 Å². The number of nitrogens with zero attached hydrogens (tertiary/aromatic N) is 6. The summed E-state index contributed by atoms with van der Waals surface area (Å²) < 4.78 is 48.9. The molecule has 3 aromatic heterocycles. The molecule has 0 saturated carbocycles. The quantitative estimate of drug-likeness (QED) is 0.0145. The number of carbonyl (C=O) groups excluding carboxylic acids is 7. The van der Waals surface area contributed by atoms with E-state index in [1.807, 2.05) is 53.4 Å². The Labute approximate surface area is 573 Å². The van der Waals surface area contributed by atoms with E-state index >= 15 is 0 Å². The molecular formula is C66H89ClN16O15. The van der Waals surface area contributed by atoms with Crippen molar-refractivity contribution in [3.8, 4) is 11.1 Å². The van der Waals surface area contributed by atoms with Gasteiger partial charge in [0.25, 0.3) is 23.6 Å². The Balaban J connectivity index is 0.609. The van der Waals surface area contributed by atoms with Gasteiger partial charge in [0.05, 0.1) is 117 Å². The zero-order valence-electron chi connectivity index (χ0n) is 55.8. The number of anilines is 5. The van der Waals surface area contributed by atoms with E-state index in [2.05, 4.69) is 65.5 Å². The van der Waals surface area contributed by atoms with Crippen molar-refractivity contribution in [3.05, 3.63) is 125 Å². The first-order valence-corrected chi connectivity index (χ1v) is 32.5. The predicted molar refractivity (Wildman–Crippen MR) is 367 cm³/mol. The number of imidazole rings is 2. The molecule has 6 aromatic rings. The van der Waals surface area contributed by atoms with E-state index in [4.69, 9.17) is 60.6 Å². The molecule has 0 aliphatic carbocycles. The zero-order valence-corrected chi connectivity index (χ0v) is 56.6. The Kier molecular flexibility index (Phi) is 31.4. The van der Waals surface area contributed by atoms with Crippen LogP contribution in [0.15, 0.2) is 91.4 Å². The highest BCUT2D eigenvalue weighted by Crippen LogP contribution is 2.41. The van der Waals surface area contributed by atoms with E-state index in [0.29, 0.717) is 122 Å². The van der Waals surface area contributed by atoms with Crippen LogP contribution in [0.3, 0.4) is 0 Å². The lowest BCUT2D eigenvalue weighted by Crippen LogP contribution is -2.43. The molecule has 4 heterocycles. The Hall–Kier alpha value is -9.31. The average Bonchev–Trinajstić information content (AvgIpc) is 1.10. The third-order valence-corrected chi connectivity index (χ3v) is 15.1. The minimum absolute atomic E-state index is 0.00361. The molecule has 11 N–H and O–H groups in total. The summed E-state index contributed by atoms with van der Waals surface area (Å²) in [6.07, 6.45) is 5.14. The molecule has 2 atom stereocenters. The summed E-state index contributed by atoms with van der Waals surface area (Å²) >= 11 is 6.13. The fourth-order valence-corrected chi connectivity index (χ4v) is 10.3. The monoisotopic (exact) mass is 1380 g/mol. The number of carbonyl (C=O) groups is 7. The maximum atomic E-state index is 13.0. The standard InChI is InChI=1S/C66H89ClN16O15/c1-44-38-53(74-50-13-11-49(67)12-14-50)52-39-48(10-15-54(52)83(44)45(2)84)46-6-8-47(9-7-46)62(87)71-20-22-91-24-26-93-28-30-95-32-34-97-36-37-98-35-33-96-31-29-94-27-25-92-23-21-72-64(89)60-78-56(42-81(60)4)76-58(85)16-18-70-63(88)55-40-51(41-80(55)3)75-65(90)61-79-57(43-82(61)5)77-59(86)17-19-73-66(68)69/h6-15,39-44,53,74H,16-38H2,1-5H3,(H,70,88)(H,71,87)(H,72,89)(H,75,90)(H,76,85)(H,77,86)(H4,68,69,73)/t44-,53+/m0/s1. The van der Waals surface area contributed by atoms with Gasteiger partial charge in [-0.1, -0.05) is 29.8 Å². The molecule has 7 rings (SSSR count). The van der Waals surface area contributed by atoms with E-state index in [0.717, 1.165) is 34.5 Å². The Morgan fingerprint density at radius 1 is 0.520 bits per heavy atom. The first-order chi connectivity index (χ1) is 47.3. The summed E-state index contributed by atoms with van der Waals surface area (Å²) in [5.74, 6) is -2.50. The van der Waals surface area contributed by atoms with Gasteiger partial charge in [-0.15, -0.1) is 0 Å². The summed E-state index contributed by atoms with van der Waals surface area (Å²) in [4.78, 5) is 99.6. The topological polar surface area (TPSA) is 383 Å². The highest BCUT2D eigenvalue weighted by molar-refractivity contribution is 6.30. The molecule has 32 heteroatoms. The van der Waals surface area contributed by atoms with Crippen molar-refractivity contribution in [1.29, 1.82) is 5.41 Å². The van der Waals surface area contributed by atoms with Gasteiger partial charge in [-0.3, -0.25) is 39.0 Å². The van der Waals surface area contributed by atoms with Crippen LogP contribution in [0, 0.1) is 5.41 Å². The van der Waals surface area contributed by atoms with Crippen molar-refractivity contribution < 1.29 is 71.5 Å². The van der Waals surface area contributed by atoms with E-state index in [1.165, 1.54) is 38.4 Å². The maximum Gasteiger partial charge on any atom is 0.291 e. The molecule has 0 saturated heterocycles. The molecule has 98 heavy (non-hydrogen) atoms. The number of nitrogens with one attached hydrogen (secondary N) is 9. The molecule has 7 amide bonds. The van der Waals surface area contributed by atoms with Crippen LogP contribution in [0.5, 0.6) is 0 Å². The number of hydrogen-bond donors (Lipinski definition) is 10. The number of nitrogens with two attached hydrogens (primary N) is 1. The third-order valence-electron chi connectivity index (χ3n) is 14.8. The van der Waals surface area contributed by atoms with Gasteiger partial charge in [0.15, 0.2) is 17.6 Å². The summed E-state index contributed by atoms with van der Waals surface area (Å²) in [6.45, 7) is 10.4. The highest BCUT2D eigenvalue weighted by Gasteiger charge is 2.33. The fraction of sp³-hybridized carbons (Fsp3) is 0.455. The van der Waals surface area contributed by atoms with Crippen molar-refractivity contribution in [2.45, 2.75) is 45.2 Å². The van der Waals surface area contributed by atoms with Crippen LogP contribution in [-0.4, -0.2) is 209 Å². The zero-order chi connectivity index (χ0) is 70.2. The Morgan fingerprint density at radius 2 is 0.980 bits per heavy atom. The third kappa shape index (κ3) is 25.3. The van der Waals surface area contributed by atoms with Crippen LogP contribution < -0.4 is 53.2 Å². The number of ether oxygens (including phenoxy) is 8. The second-order valence-electron chi connectivity index (χ2n) is 22.4. The maximum absolute atomic E-state index is 13.0. The molecular weight excluding hydrogens is 1290 g/mol. The number of amides is 7. The average molecular weight is 1380 g/mol. The van der Waals surface area contributed by atoms with E-state index in [9.17, 15) is 33.6 Å². The van der Waals surface area contributed by atoms with Crippen molar-refractivity contribution >= 4 is 87.6 Å². The summed E-state index contributed by atoms with van der Waals surface area (Å²) in [7, 11) is 4.81. The largest absolute Gasteiger partial charge is 0.378 e. The summed E-state index contributed by atoms with van der Waals surface area (Å²) in [6, 6.07) is 22.6. The highest BCUT2D eigenvalue weighted by atomic mass is 35.5. The van der Waals surface area contributed by atoms with Gasteiger partial charge in [-0.05, 0) is 84.6 Å². The van der Waals surface area contributed by atoms with Crippen LogP contribution in [0.25, 0.3) is 11.1 Å². The molecule has 31 nitrogen and oxygen atoms in total. The van der Waals surface area contributed by atoms with E-state index in [-0.39, 0.29) is 97.9 Å². The number of hydrogen-bond acceptors (Lipinski definition) is 19. The van der Waals surface area contributed by atoms with Crippen molar-refractivity contribution in [3.63, 3.8) is 0 Å². The van der Waals surface area contributed by atoms with Crippen LogP contribution in [0.2, 0.25) is 5.02 Å². The van der Waals surface area contributed by atoms with E-state index < -0.39 is 29.5 Å². The smallest absolute Gasteiger partial charge is 0.291 e. The number of guanidine groups is 1. The number of halogens is 1. The Bertz CT molecular complexity index is 3580. The second-order valence-corrected chi connectivity index (χ2v) is 22.9. The predicted octanol–water partition coefficient (Wildman–Crippen LogP) is 4.23. The van der Waals surface area contributed by atoms with Gasteiger partial charge < -0.3 is 105 Å². The van der Waals surface area contributed by atoms with Gasteiger partial charge in [0, 0.05) is 114 Å². The minimum Gasteiger partial charge on any atom is -0.378 e. The number of fused-ring (bicyclic) bond motifs is 1. The van der Waals surface area contributed by atoms with Crippen LogP contribution >= 0.6 is 11.6 Å². The van der Waals surface area contributed by atoms with Gasteiger partial charge in [-0.2, -0.15) is 0 Å². The lowest BCUT2D eigenvalue weighted by Gasteiger charge is -2.39. The van der Waals surface area contributed by atoms with Crippen molar-refractivity contribution in [2.24, 2.45) is 26.9 Å². The van der Waals surface area contributed by atoms with Crippen molar-refractivity contribution in [2.75, 3.05) is 158 Å². The molecule has 530 valence electrons. The lowest BCUT2D eigenvalue weighted by molar-refractivity contribution is -0.117. The fourth-order valence-electron chi connectivity index (χ4n) is 10.1. The number of aromatic nitrogens is 5. The van der Waals surface area contributed by atoms with Crippen LogP contribution in [0.4, 0.5) is 28.7 Å². The van der Waals surface area contributed by atoms with Gasteiger partial charge in [0.2, 0.25) is 29.4 Å². The van der Waals surface area contributed by atoms with E-state index in [1.54, 1.807) is 40.2 Å². The summed E-state index contributed by atoms with van der Waals surface area (Å²) in [5.41, 5.74) is 11.1. The SMILES string of the molecule is CC(=O)N1c2ccc(-c3ccc(C(=O)NCCOCCOCCOCCOCCOCCOCCOCCOCCNC(=O)c4nc(NC(=O)CCNC(=O)c5cc(NC(=O)c6nc(NC(=O)CCNC(=N)N)cn6C)cn5C)cn4C)cc3)cc2[C@H](Nc2ccc(Cl)cc2)C[C@@H]1C. The molecule has 0 fully saturated rings. The molecule has 0 spiro atoms. The first kappa shape index (κ1) is 76.1. The van der Waals surface area contributed by atoms with Crippen LogP contribution in [-0.2, 0) is 73.4 Å². The number of rotatable bonds is 43. The molecule has 0 radical (unpaired) electrons. The molecule has 3 aromatic carbocycles. The van der Waals surface area contributed by atoms with Gasteiger partial charge >= 0.3 is 0 Å².